The lowest BCUT2D eigenvalue weighted by atomic mass is 9.70. The van der Waals surface area contributed by atoms with Gasteiger partial charge in [-0.15, -0.1) is 0 Å². The predicted octanol–water partition coefficient (Wildman–Crippen LogP) is 4.63. The zero-order valence-corrected chi connectivity index (χ0v) is 23.8. The molecule has 3 atom stereocenters. The van der Waals surface area contributed by atoms with Gasteiger partial charge >= 0.3 is 10.2 Å². The Bertz CT molecular complexity index is 1330. The number of hydrogen-bond acceptors (Lipinski definition) is 6. The fourth-order valence-electron chi connectivity index (χ4n) is 5.74. The Morgan fingerprint density at radius 2 is 1.97 bits per heavy atom. The lowest BCUT2D eigenvalue weighted by Crippen LogP contribution is -2.44. The molecule has 0 aromatic heterocycles. The van der Waals surface area contributed by atoms with Crippen molar-refractivity contribution in [3.05, 3.63) is 70.3 Å². The smallest absolute Gasteiger partial charge is 0.301 e. The minimum atomic E-state index is -4.01. The molecule has 0 radical (unpaired) electrons. The van der Waals surface area contributed by atoms with E-state index >= 15 is 0 Å². The topological polar surface area (TPSA) is 97.0 Å². The van der Waals surface area contributed by atoms with Gasteiger partial charge in [0.15, 0.2) is 0 Å². The van der Waals surface area contributed by atoms with Crippen molar-refractivity contribution in [3.8, 4) is 5.75 Å². The highest BCUT2D eigenvalue weighted by molar-refractivity contribution is 7.88. The Morgan fingerprint density at radius 3 is 2.77 bits per heavy atom. The molecule has 0 spiro atoms. The second-order valence-corrected chi connectivity index (χ2v) is 12.5. The largest absolute Gasteiger partial charge is 0.487 e. The van der Waals surface area contributed by atoms with E-state index in [1.165, 1.54) is 5.56 Å². The molecule has 1 unspecified atom stereocenters. The molecule has 210 valence electrons. The molecule has 8 nitrogen and oxygen atoms in total. The second kappa shape index (κ2) is 12.3. The van der Waals surface area contributed by atoms with Crippen LogP contribution < -0.4 is 19.1 Å². The number of ether oxygens (including phenoxy) is 2. The zero-order valence-electron chi connectivity index (χ0n) is 22.2. The third-order valence-electron chi connectivity index (χ3n) is 8.02. The maximum Gasteiger partial charge on any atom is 0.301 e. The maximum absolute atomic E-state index is 13.0. The molecule has 10 heteroatoms. The quantitative estimate of drug-likeness (QED) is 0.483. The number of benzene rings is 2. The Morgan fingerprint density at radius 1 is 1.10 bits per heavy atom. The van der Waals surface area contributed by atoms with Crippen LogP contribution in [0.4, 0.5) is 5.69 Å². The lowest BCUT2D eigenvalue weighted by molar-refractivity contribution is 0.0135. The number of hydrogen-bond donors (Lipinski definition) is 2. The van der Waals surface area contributed by atoms with Gasteiger partial charge in [-0.3, -0.25) is 4.79 Å². The second-order valence-electron chi connectivity index (χ2n) is 10.5. The van der Waals surface area contributed by atoms with Gasteiger partial charge in [-0.25, -0.2) is 4.72 Å². The summed E-state index contributed by atoms with van der Waals surface area (Å²) in [5, 5.41) is 0.715. The van der Waals surface area contributed by atoms with E-state index in [2.05, 4.69) is 14.3 Å². The highest BCUT2D eigenvalue weighted by Crippen LogP contribution is 2.41. The van der Waals surface area contributed by atoms with E-state index in [4.69, 9.17) is 21.1 Å². The van der Waals surface area contributed by atoms with Crippen LogP contribution in [-0.2, 0) is 28.0 Å². The molecule has 1 aliphatic carbocycles. The summed E-state index contributed by atoms with van der Waals surface area (Å²) in [5.41, 5.74) is 3.33. The Labute approximate surface area is 235 Å². The van der Waals surface area contributed by atoms with Crippen LogP contribution in [0.1, 0.15) is 53.6 Å². The van der Waals surface area contributed by atoms with Crippen LogP contribution in [-0.4, -0.2) is 47.2 Å². The number of methoxy groups -OCH3 is 1. The van der Waals surface area contributed by atoms with Crippen molar-refractivity contribution in [1.82, 2.24) is 9.44 Å². The number of carbonyl (C=O) groups excluding carboxylic acids is 1. The molecule has 1 saturated carbocycles. The van der Waals surface area contributed by atoms with Crippen molar-refractivity contribution in [1.29, 1.82) is 0 Å². The van der Waals surface area contributed by atoms with Crippen molar-refractivity contribution in [2.24, 2.45) is 11.8 Å². The molecule has 2 aliphatic heterocycles. The van der Waals surface area contributed by atoms with Crippen LogP contribution in [0.25, 0.3) is 0 Å². The summed E-state index contributed by atoms with van der Waals surface area (Å²) in [6.45, 7) is 2.15. The van der Waals surface area contributed by atoms with Crippen molar-refractivity contribution in [2.75, 3.05) is 31.6 Å². The van der Waals surface area contributed by atoms with Crippen molar-refractivity contribution < 1.29 is 22.7 Å². The van der Waals surface area contributed by atoms with E-state index < -0.39 is 16.1 Å². The van der Waals surface area contributed by atoms with Crippen LogP contribution in [0.5, 0.6) is 5.75 Å². The summed E-state index contributed by atoms with van der Waals surface area (Å²) in [7, 11) is -2.28. The monoisotopic (exact) mass is 573 g/mol. The first-order valence-corrected chi connectivity index (χ1v) is 15.5. The molecular formula is C29H36ClN3O5S. The van der Waals surface area contributed by atoms with Crippen LogP contribution in [0, 0.1) is 11.8 Å². The molecule has 2 aromatic carbocycles. The third kappa shape index (κ3) is 6.77. The fourth-order valence-corrected chi connectivity index (χ4v) is 6.75. The Hall–Kier alpha value is -2.59. The van der Waals surface area contributed by atoms with Crippen molar-refractivity contribution >= 4 is 33.4 Å². The Kier molecular flexibility index (Phi) is 8.81. The number of halogens is 1. The van der Waals surface area contributed by atoms with Gasteiger partial charge in [0.2, 0.25) is 0 Å². The normalized spacial score (nSPS) is 26.5. The van der Waals surface area contributed by atoms with Gasteiger partial charge in [0.05, 0.1) is 11.8 Å². The summed E-state index contributed by atoms with van der Waals surface area (Å²) >= 11 is 6.29. The number of carbonyl (C=O) groups is 1. The van der Waals surface area contributed by atoms with Crippen molar-refractivity contribution in [2.45, 2.75) is 51.2 Å². The molecule has 0 saturated heterocycles. The van der Waals surface area contributed by atoms with Crippen LogP contribution >= 0.6 is 11.6 Å². The minimum absolute atomic E-state index is 0.0294. The summed E-state index contributed by atoms with van der Waals surface area (Å²) < 4.78 is 41.8. The van der Waals surface area contributed by atoms with Gasteiger partial charge in [0, 0.05) is 37.3 Å². The number of amides is 1. The highest BCUT2D eigenvalue weighted by atomic mass is 35.5. The van der Waals surface area contributed by atoms with Gasteiger partial charge in [0.1, 0.15) is 12.4 Å². The summed E-state index contributed by atoms with van der Waals surface area (Å²) in [4.78, 5) is 15.3. The molecule has 2 aromatic rings. The van der Waals surface area contributed by atoms with Gasteiger partial charge < -0.3 is 14.4 Å². The molecule has 5 rings (SSSR count). The summed E-state index contributed by atoms with van der Waals surface area (Å²) in [5.74, 6) is 0.785. The van der Waals surface area contributed by atoms with E-state index in [9.17, 15) is 13.2 Å². The molecule has 2 N–H and O–H groups in total. The molecule has 1 amide bonds. The van der Waals surface area contributed by atoms with E-state index in [1.807, 2.05) is 30.4 Å². The lowest BCUT2D eigenvalue weighted by Gasteiger charge is -2.43. The minimum Gasteiger partial charge on any atom is -0.487 e. The first-order chi connectivity index (χ1) is 18.8. The third-order valence-corrected chi connectivity index (χ3v) is 9.29. The molecule has 39 heavy (non-hydrogen) atoms. The predicted molar refractivity (Wildman–Crippen MR) is 153 cm³/mol. The number of nitrogens with one attached hydrogen (secondary N) is 2. The SMILES string of the molecule is COC1/C=C/CCNS(=O)(=O)NC(=O)c2ccc3c(c2)N(CCCCc2cc(Cl)ccc2CO3)C[C@@H]2CC[C@@H]12. The number of anilines is 1. The molecular weight excluding hydrogens is 538 g/mol. The number of nitrogens with zero attached hydrogens (tertiary/aromatic N) is 1. The number of aryl methyl sites for hydroxylation is 1. The van der Waals surface area contributed by atoms with Gasteiger partial charge in [-0.1, -0.05) is 29.8 Å². The molecule has 3 aliphatic rings. The fraction of sp³-hybridized carbons (Fsp3) is 0.483. The van der Waals surface area contributed by atoms with E-state index in [0.29, 0.717) is 35.6 Å². The molecule has 2 heterocycles. The van der Waals surface area contributed by atoms with Gasteiger partial charge in [-0.2, -0.15) is 13.1 Å². The maximum atomic E-state index is 13.0. The van der Waals surface area contributed by atoms with E-state index in [-0.39, 0.29) is 18.2 Å². The van der Waals surface area contributed by atoms with Crippen LogP contribution in [0.3, 0.4) is 0 Å². The highest BCUT2D eigenvalue weighted by Gasteiger charge is 2.37. The Balaban J connectivity index is 1.52. The summed E-state index contributed by atoms with van der Waals surface area (Å²) in [6, 6.07) is 11.0. The standard InChI is InChI=1S/C29H36ClN3O5S/c1-37-27-7-2-4-14-31-39(35,36)32-29(34)21-10-13-28-26(17-21)33(18-22-9-12-25(22)27)15-5-3-6-20-16-24(30)11-8-23(20)19-38-28/h2,7-8,10-11,13,16-17,22,25,27,31H,3-6,9,12,14-15,18-19H2,1H3,(H,32,34)/b7-2+/t22-,25+,27?/m0/s1. The molecule has 2 bridgehead atoms. The average molecular weight is 574 g/mol. The zero-order chi connectivity index (χ0) is 27.4. The van der Waals surface area contributed by atoms with Crippen LogP contribution in [0.15, 0.2) is 48.6 Å². The van der Waals surface area contributed by atoms with Crippen LogP contribution in [0.2, 0.25) is 5.02 Å². The summed E-state index contributed by atoms with van der Waals surface area (Å²) in [6.07, 6.45) is 9.49. The number of fused-ring (bicyclic) bond motifs is 3. The van der Waals surface area contributed by atoms with E-state index in [0.717, 1.165) is 56.4 Å². The van der Waals surface area contributed by atoms with Gasteiger partial charge in [0.25, 0.3) is 5.91 Å². The first kappa shape index (κ1) is 28.0. The molecule has 1 fully saturated rings. The van der Waals surface area contributed by atoms with Gasteiger partial charge in [-0.05, 0) is 91.8 Å². The van der Waals surface area contributed by atoms with E-state index in [1.54, 1.807) is 25.3 Å². The van der Waals surface area contributed by atoms with Crippen molar-refractivity contribution in [3.63, 3.8) is 0 Å². The first-order valence-electron chi connectivity index (χ1n) is 13.6. The average Bonchev–Trinajstić information content (AvgIpc) is 2.92. The number of rotatable bonds is 1.